The minimum absolute atomic E-state index is 0.184. The highest BCUT2D eigenvalue weighted by molar-refractivity contribution is 6.09. The van der Waals surface area contributed by atoms with Crippen molar-refractivity contribution in [2.24, 2.45) is 10.9 Å². The van der Waals surface area contributed by atoms with E-state index in [2.05, 4.69) is 54.1 Å². The van der Waals surface area contributed by atoms with Crippen LogP contribution in [0.3, 0.4) is 0 Å². The van der Waals surface area contributed by atoms with Crippen LogP contribution in [0, 0.1) is 17.2 Å². The first-order chi connectivity index (χ1) is 12.1. The molecule has 0 N–H and O–H groups in total. The van der Waals surface area contributed by atoms with Gasteiger partial charge in [-0.1, -0.05) is 12.1 Å². The Kier molecular flexibility index (Phi) is 5.03. The molecule has 1 aromatic carbocycles. The minimum Gasteiger partial charge on any atom is -0.372 e. The van der Waals surface area contributed by atoms with Crippen molar-refractivity contribution in [3.8, 4) is 6.07 Å². The number of hydrogen-bond acceptors (Lipinski definition) is 4. The quantitative estimate of drug-likeness (QED) is 0.827. The van der Waals surface area contributed by atoms with Gasteiger partial charge < -0.3 is 4.90 Å². The standard InChI is InChI=1S/C21H25N3O/c1-4-24(5-2)16-11-9-15(10-12-16)20-17(13-22)14(3)23-18-7-6-8-19(25)21(18)20/h9-12,20-21H,4-8H2,1-3H3/t20-,21+/m1/s1. The number of fused-ring (bicyclic) bond motifs is 1. The second-order valence-electron chi connectivity index (χ2n) is 6.75. The van der Waals surface area contributed by atoms with E-state index in [0.717, 1.165) is 42.9 Å². The van der Waals surface area contributed by atoms with E-state index in [-0.39, 0.29) is 17.6 Å². The van der Waals surface area contributed by atoms with Gasteiger partial charge in [0.05, 0.1) is 23.3 Å². The highest BCUT2D eigenvalue weighted by Gasteiger charge is 2.41. The van der Waals surface area contributed by atoms with Gasteiger partial charge in [-0.3, -0.25) is 9.79 Å². The number of nitrogens with zero attached hydrogens (tertiary/aromatic N) is 3. The lowest BCUT2D eigenvalue weighted by molar-refractivity contribution is -0.121. The predicted molar refractivity (Wildman–Crippen MR) is 101 cm³/mol. The SMILES string of the molecule is CCN(CC)c1ccc([C@@H]2C(C#N)=C(C)N=C3CCCC(=O)[C@H]32)cc1. The second kappa shape index (κ2) is 7.23. The fourth-order valence-corrected chi connectivity index (χ4v) is 4.10. The van der Waals surface area contributed by atoms with Crippen LogP contribution in [0.5, 0.6) is 0 Å². The van der Waals surface area contributed by atoms with Gasteiger partial charge in [0.25, 0.3) is 0 Å². The topological polar surface area (TPSA) is 56.5 Å². The Labute approximate surface area is 149 Å². The lowest BCUT2D eigenvalue weighted by Crippen LogP contribution is -2.37. The maximum atomic E-state index is 12.6. The Morgan fingerprint density at radius 3 is 2.44 bits per heavy atom. The average molecular weight is 335 g/mol. The molecular weight excluding hydrogens is 310 g/mol. The van der Waals surface area contributed by atoms with Gasteiger partial charge in [0.1, 0.15) is 5.78 Å². The smallest absolute Gasteiger partial charge is 0.142 e. The number of aliphatic imine (C=N–C) groups is 1. The number of benzene rings is 1. The van der Waals surface area contributed by atoms with E-state index in [1.165, 1.54) is 5.69 Å². The van der Waals surface area contributed by atoms with Crippen molar-refractivity contribution in [1.29, 1.82) is 5.26 Å². The summed E-state index contributed by atoms with van der Waals surface area (Å²) in [6.45, 7) is 8.08. The van der Waals surface area contributed by atoms with Gasteiger partial charge in [-0.15, -0.1) is 0 Å². The summed E-state index contributed by atoms with van der Waals surface area (Å²) < 4.78 is 0. The lowest BCUT2D eigenvalue weighted by atomic mass is 9.70. The monoisotopic (exact) mass is 335 g/mol. The van der Waals surface area contributed by atoms with Gasteiger partial charge in [0.2, 0.25) is 0 Å². The molecule has 1 aliphatic carbocycles. The molecule has 1 heterocycles. The number of allylic oxidation sites excluding steroid dienone is 2. The van der Waals surface area contributed by atoms with E-state index in [4.69, 9.17) is 0 Å². The van der Waals surface area contributed by atoms with Crippen molar-refractivity contribution in [3.05, 3.63) is 41.1 Å². The highest BCUT2D eigenvalue weighted by Crippen LogP contribution is 2.42. The predicted octanol–water partition coefficient (Wildman–Crippen LogP) is 4.24. The molecule has 1 fully saturated rings. The molecule has 0 saturated heterocycles. The van der Waals surface area contributed by atoms with E-state index in [1.807, 2.05) is 6.92 Å². The molecule has 4 nitrogen and oxygen atoms in total. The fraction of sp³-hybridized carbons (Fsp3) is 0.476. The third-order valence-electron chi connectivity index (χ3n) is 5.41. The van der Waals surface area contributed by atoms with Crippen LogP contribution in [0.4, 0.5) is 5.69 Å². The summed E-state index contributed by atoms with van der Waals surface area (Å²) in [6, 6.07) is 10.7. The van der Waals surface area contributed by atoms with Crippen LogP contribution in [0.1, 0.15) is 51.5 Å². The van der Waals surface area contributed by atoms with Gasteiger partial charge in [0, 0.05) is 36.8 Å². The number of nitriles is 1. The van der Waals surface area contributed by atoms with Crippen molar-refractivity contribution in [1.82, 2.24) is 0 Å². The molecule has 2 aliphatic rings. The van der Waals surface area contributed by atoms with Crippen LogP contribution in [0.15, 0.2) is 40.5 Å². The normalized spacial score (nSPS) is 23.0. The fourth-order valence-electron chi connectivity index (χ4n) is 4.10. The number of carbonyl (C=O) groups is 1. The molecule has 0 unspecified atom stereocenters. The number of hydrogen-bond donors (Lipinski definition) is 0. The van der Waals surface area contributed by atoms with Crippen molar-refractivity contribution >= 4 is 17.2 Å². The first kappa shape index (κ1) is 17.4. The maximum absolute atomic E-state index is 12.6. The molecule has 0 aromatic heterocycles. The van der Waals surface area contributed by atoms with Crippen molar-refractivity contribution in [2.75, 3.05) is 18.0 Å². The van der Waals surface area contributed by atoms with Gasteiger partial charge in [0.15, 0.2) is 0 Å². The van der Waals surface area contributed by atoms with Crippen LogP contribution in [-0.2, 0) is 4.79 Å². The van der Waals surface area contributed by atoms with E-state index in [9.17, 15) is 10.1 Å². The molecule has 130 valence electrons. The zero-order valence-corrected chi connectivity index (χ0v) is 15.2. The van der Waals surface area contributed by atoms with Crippen LogP contribution >= 0.6 is 0 Å². The molecule has 0 spiro atoms. The number of Topliss-reactive ketones (excluding diaryl/α,β-unsaturated/α-hetero) is 1. The summed E-state index contributed by atoms with van der Waals surface area (Å²) in [6.07, 6.45) is 2.33. The number of rotatable bonds is 4. The Hall–Kier alpha value is -2.41. The first-order valence-electron chi connectivity index (χ1n) is 9.16. The molecule has 3 rings (SSSR count). The Balaban J connectivity index is 2.02. The molecule has 0 radical (unpaired) electrons. The zero-order chi connectivity index (χ0) is 18.0. The van der Waals surface area contributed by atoms with Crippen molar-refractivity contribution in [3.63, 3.8) is 0 Å². The third-order valence-corrected chi connectivity index (χ3v) is 5.41. The summed E-state index contributed by atoms with van der Waals surface area (Å²) >= 11 is 0. The summed E-state index contributed by atoms with van der Waals surface area (Å²) in [4.78, 5) is 19.5. The molecule has 0 bridgehead atoms. The molecular formula is C21H25N3O. The van der Waals surface area contributed by atoms with Crippen molar-refractivity contribution in [2.45, 2.75) is 46.0 Å². The van der Waals surface area contributed by atoms with E-state index >= 15 is 0 Å². The highest BCUT2D eigenvalue weighted by atomic mass is 16.1. The molecule has 2 atom stereocenters. The summed E-state index contributed by atoms with van der Waals surface area (Å²) in [5.74, 6) is -0.217. The van der Waals surface area contributed by atoms with Crippen LogP contribution in [0.2, 0.25) is 0 Å². The van der Waals surface area contributed by atoms with Gasteiger partial charge >= 0.3 is 0 Å². The Morgan fingerprint density at radius 2 is 1.84 bits per heavy atom. The van der Waals surface area contributed by atoms with Crippen LogP contribution in [-0.4, -0.2) is 24.6 Å². The minimum atomic E-state index is -0.258. The van der Waals surface area contributed by atoms with E-state index in [0.29, 0.717) is 12.0 Å². The largest absolute Gasteiger partial charge is 0.372 e. The first-order valence-corrected chi connectivity index (χ1v) is 9.16. The second-order valence-corrected chi connectivity index (χ2v) is 6.75. The molecule has 1 aromatic rings. The Morgan fingerprint density at radius 1 is 1.16 bits per heavy atom. The molecule has 1 aliphatic heterocycles. The summed E-state index contributed by atoms with van der Waals surface area (Å²) in [5, 5.41) is 9.69. The maximum Gasteiger partial charge on any atom is 0.142 e. The number of carbonyl (C=O) groups excluding carboxylic acids is 1. The lowest BCUT2D eigenvalue weighted by Gasteiger charge is -2.34. The van der Waals surface area contributed by atoms with E-state index < -0.39 is 0 Å². The van der Waals surface area contributed by atoms with Crippen molar-refractivity contribution < 1.29 is 4.79 Å². The summed E-state index contributed by atoms with van der Waals surface area (Å²) in [7, 11) is 0. The molecule has 25 heavy (non-hydrogen) atoms. The molecule has 1 saturated carbocycles. The van der Waals surface area contributed by atoms with Gasteiger partial charge in [-0.25, -0.2) is 0 Å². The zero-order valence-electron chi connectivity index (χ0n) is 15.2. The Bertz CT molecular complexity index is 763. The van der Waals surface area contributed by atoms with Gasteiger partial charge in [-0.05, 0) is 51.3 Å². The van der Waals surface area contributed by atoms with Crippen LogP contribution in [0.25, 0.3) is 0 Å². The third kappa shape index (κ3) is 3.11. The average Bonchev–Trinajstić information content (AvgIpc) is 2.62. The number of anilines is 1. The molecule has 4 heteroatoms. The van der Waals surface area contributed by atoms with Gasteiger partial charge in [-0.2, -0.15) is 5.26 Å². The number of ketones is 1. The van der Waals surface area contributed by atoms with E-state index in [1.54, 1.807) is 0 Å². The molecule has 0 amide bonds. The van der Waals surface area contributed by atoms with Crippen LogP contribution < -0.4 is 4.90 Å². The summed E-state index contributed by atoms with van der Waals surface area (Å²) in [5.41, 5.74) is 4.58.